The highest BCUT2D eigenvalue weighted by Gasteiger charge is 2.32. The van der Waals surface area contributed by atoms with E-state index in [1.54, 1.807) is 24.3 Å². The van der Waals surface area contributed by atoms with Gasteiger partial charge in [-0.25, -0.2) is 0 Å². The fourth-order valence-corrected chi connectivity index (χ4v) is 3.39. The molecule has 0 aliphatic carbocycles. The van der Waals surface area contributed by atoms with Crippen LogP contribution in [0.4, 0.5) is 5.69 Å². The van der Waals surface area contributed by atoms with Crippen LogP contribution in [-0.2, 0) is 20.9 Å². The van der Waals surface area contributed by atoms with Gasteiger partial charge in [0.15, 0.2) is 6.61 Å². The number of fused-ring (bicyclic) bond motifs is 2. The maximum Gasteiger partial charge on any atom is 0.308 e. The van der Waals surface area contributed by atoms with E-state index in [4.69, 9.17) is 4.74 Å². The number of hydrogen-bond acceptors (Lipinski definition) is 7. The maximum atomic E-state index is 12.1. The molecular weight excluding hydrogens is 416 g/mol. The lowest BCUT2D eigenvalue weighted by Gasteiger charge is -2.10. The van der Waals surface area contributed by atoms with Crippen LogP contribution >= 0.6 is 0 Å². The SMILES string of the molecule is CN1C(=O)c2ccc(NC(=O)COC(=O)CCn3ncc(=O)c4ccccc43)cc2C1=O. The van der Waals surface area contributed by atoms with Crippen LogP contribution in [0, 0.1) is 0 Å². The summed E-state index contributed by atoms with van der Waals surface area (Å²) in [5, 5.41) is 7.06. The van der Waals surface area contributed by atoms with Gasteiger partial charge in [-0.1, -0.05) is 12.1 Å². The van der Waals surface area contributed by atoms with E-state index in [0.717, 1.165) is 4.90 Å². The second-order valence-corrected chi connectivity index (χ2v) is 7.14. The molecule has 0 bridgehead atoms. The van der Waals surface area contributed by atoms with Gasteiger partial charge in [0.05, 0.1) is 35.8 Å². The van der Waals surface area contributed by atoms with Crippen molar-refractivity contribution >= 4 is 40.3 Å². The number of anilines is 1. The minimum absolute atomic E-state index is 0.0467. The lowest BCUT2D eigenvalue weighted by atomic mass is 10.1. The molecule has 10 heteroatoms. The summed E-state index contributed by atoms with van der Waals surface area (Å²) in [7, 11) is 1.38. The number of nitrogens with one attached hydrogen (secondary N) is 1. The Bertz CT molecular complexity index is 1330. The Hall–Kier alpha value is -4.34. The highest BCUT2D eigenvalue weighted by atomic mass is 16.5. The molecule has 1 aromatic heterocycles. The molecule has 3 aromatic rings. The molecule has 3 amide bonds. The van der Waals surface area contributed by atoms with Gasteiger partial charge in [-0.05, 0) is 30.3 Å². The third kappa shape index (κ3) is 3.97. The van der Waals surface area contributed by atoms with Gasteiger partial charge in [-0.3, -0.25) is 33.6 Å². The molecule has 0 spiro atoms. The number of nitrogens with zero attached hydrogens (tertiary/aromatic N) is 3. The Labute approximate surface area is 181 Å². The van der Waals surface area contributed by atoms with Crippen molar-refractivity contribution in [3.8, 4) is 0 Å². The van der Waals surface area contributed by atoms with Gasteiger partial charge in [-0.15, -0.1) is 0 Å². The summed E-state index contributed by atoms with van der Waals surface area (Å²) in [5.74, 6) is -2.05. The van der Waals surface area contributed by atoms with Gasteiger partial charge in [0.1, 0.15) is 0 Å². The Balaban J connectivity index is 1.31. The summed E-state index contributed by atoms with van der Waals surface area (Å²) in [5.41, 5.74) is 1.17. The van der Waals surface area contributed by atoms with Crippen LogP contribution in [0.15, 0.2) is 53.5 Å². The predicted octanol–water partition coefficient (Wildman–Crippen LogP) is 1.19. The monoisotopic (exact) mass is 434 g/mol. The summed E-state index contributed by atoms with van der Waals surface area (Å²) in [6.45, 7) is -0.337. The molecule has 0 radical (unpaired) electrons. The number of para-hydroxylation sites is 1. The van der Waals surface area contributed by atoms with Crippen molar-refractivity contribution in [2.45, 2.75) is 13.0 Å². The van der Waals surface area contributed by atoms with Crippen LogP contribution in [0.25, 0.3) is 10.9 Å². The van der Waals surface area contributed by atoms with E-state index < -0.39 is 30.3 Å². The van der Waals surface area contributed by atoms with Gasteiger partial charge in [0.25, 0.3) is 17.7 Å². The quantitative estimate of drug-likeness (QED) is 0.456. The zero-order valence-corrected chi connectivity index (χ0v) is 17.0. The molecule has 2 heterocycles. The van der Waals surface area contributed by atoms with Crippen molar-refractivity contribution in [2.24, 2.45) is 0 Å². The molecule has 0 atom stereocenters. The van der Waals surface area contributed by atoms with Crippen LogP contribution in [-0.4, -0.2) is 52.0 Å². The summed E-state index contributed by atoms with van der Waals surface area (Å²) >= 11 is 0. The van der Waals surface area contributed by atoms with Crippen molar-refractivity contribution in [3.05, 3.63) is 70.0 Å². The minimum atomic E-state index is -0.610. The van der Waals surface area contributed by atoms with E-state index in [0.29, 0.717) is 16.6 Å². The Morgan fingerprint density at radius 3 is 2.59 bits per heavy atom. The molecular formula is C22H18N4O6. The van der Waals surface area contributed by atoms with Crippen LogP contribution < -0.4 is 10.7 Å². The molecule has 1 aliphatic heterocycles. The number of carbonyl (C=O) groups excluding carboxylic acids is 4. The topological polar surface area (TPSA) is 128 Å². The van der Waals surface area contributed by atoms with Gasteiger partial charge >= 0.3 is 5.97 Å². The van der Waals surface area contributed by atoms with Gasteiger partial charge in [0, 0.05) is 18.1 Å². The normalized spacial score (nSPS) is 12.7. The molecule has 162 valence electrons. The van der Waals surface area contributed by atoms with E-state index in [1.807, 2.05) is 0 Å². The van der Waals surface area contributed by atoms with Crippen molar-refractivity contribution in [2.75, 3.05) is 19.0 Å². The molecule has 1 N–H and O–H groups in total. The van der Waals surface area contributed by atoms with Gasteiger partial charge in [0.2, 0.25) is 5.43 Å². The number of ether oxygens (including phenoxy) is 1. The molecule has 10 nitrogen and oxygen atoms in total. The number of imide groups is 1. The van der Waals surface area contributed by atoms with E-state index in [1.165, 1.54) is 36.1 Å². The largest absolute Gasteiger partial charge is 0.456 e. The lowest BCUT2D eigenvalue weighted by molar-refractivity contribution is -0.147. The average Bonchev–Trinajstić information content (AvgIpc) is 3.01. The van der Waals surface area contributed by atoms with Crippen molar-refractivity contribution < 1.29 is 23.9 Å². The summed E-state index contributed by atoms with van der Waals surface area (Å²) in [4.78, 5) is 61.0. The number of amides is 3. The fraction of sp³-hybridized carbons (Fsp3) is 0.182. The van der Waals surface area contributed by atoms with Crippen molar-refractivity contribution in [1.29, 1.82) is 0 Å². The second-order valence-electron chi connectivity index (χ2n) is 7.14. The average molecular weight is 434 g/mol. The molecule has 1 aliphatic rings. The molecule has 0 saturated heterocycles. The van der Waals surface area contributed by atoms with Crippen molar-refractivity contribution in [1.82, 2.24) is 14.7 Å². The molecule has 0 fully saturated rings. The summed E-state index contributed by atoms with van der Waals surface area (Å²) in [6.07, 6.45) is 1.14. The van der Waals surface area contributed by atoms with Crippen LogP contribution in [0.1, 0.15) is 27.1 Å². The molecule has 0 saturated carbocycles. The number of esters is 1. The number of aryl methyl sites for hydroxylation is 1. The van der Waals surface area contributed by atoms with E-state index in [2.05, 4.69) is 10.4 Å². The number of benzene rings is 2. The smallest absolute Gasteiger partial charge is 0.308 e. The molecule has 0 unspecified atom stereocenters. The number of carbonyl (C=O) groups is 4. The van der Waals surface area contributed by atoms with Crippen LogP contribution in [0.5, 0.6) is 0 Å². The third-order valence-corrected chi connectivity index (χ3v) is 5.03. The highest BCUT2D eigenvalue weighted by molar-refractivity contribution is 6.21. The minimum Gasteiger partial charge on any atom is -0.456 e. The summed E-state index contributed by atoms with van der Waals surface area (Å²) in [6, 6.07) is 11.3. The first-order valence-electron chi connectivity index (χ1n) is 9.72. The third-order valence-electron chi connectivity index (χ3n) is 5.03. The fourth-order valence-electron chi connectivity index (χ4n) is 3.39. The van der Waals surface area contributed by atoms with E-state index in [-0.39, 0.29) is 29.5 Å². The highest BCUT2D eigenvalue weighted by Crippen LogP contribution is 2.24. The zero-order chi connectivity index (χ0) is 22.8. The van der Waals surface area contributed by atoms with Crippen LogP contribution in [0.3, 0.4) is 0 Å². The Morgan fingerprint density at radius 2 is 1.78 bits per heavy atom. The Kier molecular flexibility index (Phi) is 5.50. The molecule has 32 heavy (non-hydrogen) atoms. The lowest BCUT2D eigenvalue weighted by Crippen LogP contribution is -2.24. The first kappa shape index (κ1) is 20.9. The van der Waals surface area contributed by atoms with Gasteiger partial charge in [-0.2, -0.15) is 5.10 Å². The summed E-state index contributed by atoms with van der Waals surface area (Å²) < 4.78 is 6.52. The maximum absolute atomic E-state index is 12.1. The number of rotatable bonds is 6. The first-order valence-corrected chi connectivity index (χ1v) is 9.72. The zero-order valence-electron chi connectivity index (χ0n) is 17.0. The van der Waals surface area contributed by atoms with Crippen molar-refractivity contribution in [3.63, 3.8) is 0 Å². The standard InChI is InChI=1S/C22H18N4O6/c1-25-21(30)14-7-6-13(10-16(14)22(25)31)24-19(28)12-32-20(29)8-9-26-17-5-3-2-4-15(17)18(27)11-23-26/h2-7,10-11H,8-9,12H2,1H3,(H,24,28). The Morgan fingerprint density at radius 1 is 1.03 bits per heavy atom. The van der Waals surface area contributed by atoms with Gasteiger partial charge < -0.3 is 10.1 Å². The molecule has 2 aromatic carbocycles. The van der Waals surface area contributed by atoms with E-state index in [9.17, 15) is 24.0 Å². The first-order chi connectivity index (χ1) is 15.3. The molecule has 4 rings (SSSR count). The van der Waals surface area contributed by atoms with Crippen LogP contribution in [0.2, 0.25) is 0 Å². The predicted molar refractivity (Wildman–Crippen MR) is 113 cm³/mol. The second kappa shape index (κ2) is 8.42. The van der Waals surface area contributed by atoms with E-state index >= 15 is 0 Å². The number of aromatic nitrogens is 2. The number of hydrogen-bond donors (Lipinski definition) is 1.